The summed E-state index contributed by atoms with van der Waals surface area (Å²) < 4.78 is 5.72. The fourth-order valence-corrected chi connectivity index (χ4v) is 4.01. The van der Waals surface area contributed by atoms with Gasteiger partial charge in [0.25, 0.3) is 5.91 Å². The molecular weight excluding hydrogens is 355 g/mol. The topological polar surface area (TPSA) is 41.9 Å². The van der Waals surface area contributed by atoms with Crippen LogP contribution < -0.4 is 0 Å². The number of aliphatic imine (C=N–C) groups is 1. The Morgan fingerprint density at radius 1 is 1.30 bits per heavy atom. The summed E-state index contributed by atoms with van der Waals surface area (Å²) in [6.07, 6.45) is 2.00. The average Bonchev–Trinajstić information content (AvgIpc) is 2.82. The number of rotatable bonds is 1. The lowest BCUT2D eigenvalue weighted by Gasteiger charge is -2.35. The minimum absolute atomic E-state index is 0.121. The molecule has 0 radical (unpaired) electrons. The molecule has 1 saturated heterocycles. The smallest absolute Gasteiger partial charge is 0.286 e. The van der Waals surface area contributed by atoms with Gasteiger partial charge < -0.3 is 9.64 Å². The summed E-state index contributed by atoms with van der Waals surface area (Å²) in [7, 11) is 0. The molecule has 0 N–H and O–H groups in total. The number of carbonyl (C=O) groups excluding carboxylic acids is 1. The maximum Gasteiger partial charge on any atom is 0.286 e. The van der Waals surface area contributed by atoms with Crippen molar-refractivity contribution in [2.45, 2.75) is 26.1 Å². The number of ether oxygens (including phenoxy) is 1. The van der Waals surface area contributed by atoms with E-state index in [0.29, 0.717) is 15.0 Å². The summed E-state index contributed by atoms with van der Waals surface area (Å²) >= 11 is 13.4. The zero-order chi connectivity index (χ0) is 16.6. The van der Waals surface area contributed by atoms with Gasteiger partial charge in [-0.05, 0) is 49.4 Å². The van der Waals surface area contributed by atoms with Gasteiger partial charge in [-0.1, -0.05) is 29.3 Å². The van der Waals surface area contributed by atoms with Gasteiger partial charge in [0.05, 0.1) is 17.1 Å². The molecule has 2 aliphatic rings. The third-order valence-corrected chi connectivity index (χ3v) is 5.16. The quantitative estimate of drug-likeness (QED) is 0.698. The van der Waals surface area contributed by atoms with Gasteiger partial charge in [0.1, 0.15) is 0 Å². The molecule has 2 atom stereocenters. The van der Waals surface area contributed by atoms with E-state index in [1.165, 1.54) is 11.8 Å². The van der Waals surface area contributed by atoms with E-state index in [0.717, 1.165) is 23.8 Å². The number of benzene rings is 1. The third kappa shape index (κ3) is 3.91. The highest BCUT2D eigenvalue weighted by Crippen LogP contribution is 2.33. The van der Waals surface area contributed by atoms with Crippen molar-refractivity contribution >= 4 is 52.1 Å². The first-order valence-corrected chi connectivity index (χ1v) is 8.87. The second kappa shape index (κ2) is 6.85. The molecule has 0 unspecified atom stereocenters. The van der Waals surface area contributed by atoms with Gasteiger partial charge in [-0.15, -0.1) is 0 Å². The number of nitrogens with zero attached hydrogens (tertiary/aromatic N) is 2. The van der Waals surface area contributed by atoms with Crippen molar-refractivity contribution in [3.63, 3.8) is 0 Å². The van der Waals surface area contributed by atoms with Gasteiger partial charge in [0.15, 0.2) is 5.17 Å². The van der Waals surface area contributed by atoms with Crippen LogP contribution in [0.4, 0.5) is 0 Å². The first-order valence-electron chi connectivity index (χ1n) is 7.30. The molecule has 7 heteroatoms. The van der Waals surface area contributed by atoms with E-state index in [1.807, 2.05) is 13.8 Å². The molecule has 23 heavy (non-hydrogen) atoms. The largest absolute Gasteiger partial charge is 0.372 e. The number of carbonyl (C=O) groups is 1. The van der Waals surface area contributed by atoms with Crippen LogP contribution in [0.3, 0.4) is 0 Å². The minimum Gasteiger partial charge on any atom is -0.372 e. The Hall–Kier alpha value is -1.01. The zero-order valence-corrected chi connectivity index (χ0v) is 15.1. The van der Waals surface area contributed by atoms with Crippen molar-refractivity contribution in [2.75, 3.05) is 13.1 Å². The highest BCUT2D eigenvalue weighted by atomic mass is 35.5. The van der Waals surface area contributed by atoms with Crippen LogP contribution in [0.15, 0.2) is 28.1 Å². The Morgan fingerprint density at radius 2 is 2.00 bits per heavy atom. The zero-order valence-electron chi connectivity index (χ0n) is 12.8. The monoisotopic (exact) mass is 370 g/mol. The van der Waals surface area contributed by atoms with Crippen molar-refractivity contribution in [3.05, 3.63) is 38.7 Å². The Labute approximate surface area is 149 Å². The van der Waals surface area contributed by atoms with Gasteiger partial charge >= 0.3 is 0 Å². The third-order valence-electron chi connectivity index (χ3n) is 3.55. The fraction of sp³-hybridized carbons (Fsp3) is 0.375. The van der Waals surface area contributed by atoms with Crippen molar-refractivity contribution in [1.29, 1.82) is 0 Å². The Balaban J connectivity index is 1.78. The number of hydrogen-bond donors (Lipinski definition) is 0. The molecule has 1 aromatic carbocycles. The van der Waals surface area contributed by atoms with Gasteiger partial charge in [-0.25, -0.2) is 0 Å². The van der Waals surface area contributed by atoms with E-state index in [-0.39, 0.29) is 18.1 Å². The van der Waals surface area contributed by atoms with E-state index < -0.39 is 0 Å². The summed E-state index contributed by atoms with van der Waals surface area (Å²) in [6.45, 7) is 5.51. The molecule has 1 amide bonds. The van der Waals surface area contributed by atoms with E-state index in [2.05, 4.69) is 9.89 Å². The van der Waals surface area contributed by atoms with Gasteiger partial charge in [-0.2, -0.15) is 4.99 Å². The van der Waals surface area contributed by atoms with Gasteiger partial charge in [0, 0.05) is 23.1 Å². The Morgan fingerprint density at radius 3 is 2.65 bits per heavy atom. The van der Waals surface area contributed by atoms with Gasteiger partial charge in [-0.3, -0.25) is 4.79 Å². The summed E-state index contributed by atoms with van der Waals surface area (Å²) in [5, 5.41) is 1.81. The maximum atomic E-state index is 12.2. The van der Waals surface area contributed by atoms with Crippen LogP contribution in [0, 0.1) is 0 Å². The fourth-order valence-electron chi connectivity index (χ4n) is 2.63. The van der Waals surface area contributed by atoms with E-state index in [9.17, 15) is 4.79 Å². The molecule has 0 bridgehead atoms. The van der Waals surface area contributed by atoms with Crippen LogP contribution in [-0.2, 0) is 9.53 Å². The number of amides is 1. The molecule has 0 aliphatic carbocycles. The number of hydrogen-bond acceptors (Lipinski definition) is 4. The highest BCUT2D eigenvalue weighted by molar-refractivity contribution is 8.18. The number of thioether (sulfide) groups is 1. The molecular formula is C16H16Cl2N2O2S. The lowest BCUT2D eigenvalue weighted by atomic mass is 10.2. The van der Waals surface area contributed by atoms with E-state index in [1.54, 1.807) is 24.3 Å². The molecule has 3 rings (SSSR count). The van der Waals surface area contributed by atoms with E-state index in [4.69, 9.17) is 27.9 Å². The predicted octanol–water partition coefficient (Wildman–Crippen LogP) is 4.07. The normalized spacial score (nSPS) is 26.8. The average molecular weight is 371 g/mol. The molecule has 0 aromatic heterocycles. The van der Waals surface area contributed by atoms with Crippen molar-refractivity contribution in [3.8, 4) is 0 Å². The summed E-state index contributed by atoms with van der Waals surface area (Å²) in [5.74, 6) is -0.234. The molecule has 2 aliphatic heterocycles. The molecule has 1 fully saturated rings. The van der Waals surface area contributed by atoms with Crippen molar-refractivity contribution < 1.29 is 9.53 Å². The van der Waals surface area contributed by atoms with Crippen LogP contribution in [-0.4, -0.2) is 41.3 Å². The first-order chi connectivity index (χ1) is 10.9. The highest BCUT2D eigenvalue weighted by Gasteiger charge is 2.31. The molecule has 4 nitrogen and oxygen atoms in total. The second-order valence-corrected chi connectivity index (χ2v) is 7.49. The lowest BCUT2D eigenvalue weighted by molar-refractivity contribution is -0.113. The number of morpholine rings is 1. The van der Waals surface area contributed by atoms with E-state index >= 15 is 0 Å². The molecule has 2 heterocycles. The Bertz CT molecular complexity index is 695. The maximum absolute atomic E-state index is 12.2. The summed E-state index contributed by atoms with van der Waals surface area (Å²) in [6, 6.07) is 5.20. The standard InChI is InChI=1S/C16H16Cl2N2O2S/c1-9-7-20(8-10(2)22-9)16-19-15(21)14(23-16)5-11-3-4-12(17)6-13(11)18/h3-6,9-10H,7-8H2,1-2H3/b14-5-/t9-,10+. The van der Waals surface area contributed by atoms with Crippen molar-refractivity contribution in [2.24, 2.45) is 4.99 Å². The minimum atomic E-state index is -0.234. The summed E-state index contributed by atoms with van der Waals surface area (Å²) in [5.41, 5.74) is 0.757. The number of amidine groups is 1. The Kier molecular flexibility index (Phi) is 5.01. The second-order valence-electron chi connectivity index (χ2n) is 5.64. The first kappa shape index (κ1) is 16.8. The van der Waals surface area contributed by atoms with Crippen molar-refractivity contribution in [1.82, 2.24) is 4.90 Å². The van der Waals surface area contributed by atoms with Crippen LogP contribution in [0.1, 0.15) is 19.4 Å². The van der Waals surface area contributed by atoms with Gasteiger partial charge in [0.2, 0.25) is 0 Å². The van der Waals surface area contributed by atoms with Crippen LogP contribution in [0.25, 0.3) is 6.08 Å². The molecule has 0 saturated carbocycles. The molecule has 122 valence electrons. The van der Waals surface area contributed by atoms with Crippen LogP contribution in [0.5, 0.6) is 0 Å². The SMILES string of the molecule is C[C@@H]1CN(C2=NC(=O)/C(=C/c3ccc(Cl)cc3Cl)S2)C[C@H](C)O1. The summed E-state index contributed by atoms with van der Waals surface area (Å²) in [4.78, 5) is 19.0. The molecule has 0 spiro atoms. The molecule has 1 aromatic rings. The van der Waals surface area contributed by atoms with Crippen LogP contribution >= 0.6 is 35.0 Å². The number of halogens is 2. The lowest BCUT2D eigenvalue weighted by Crippen LogP contribution is -2.47. The predicted molar refractivity (Wildman–Crippen MR) is 96.1 cm³/mol. The van der Waals surface area contributed by atoms with Crippen LogP contribution in [0.2, 0.25) is 10.0 Å².